The molecule has 0 unspecified atom stereocenters. The topological polar surface area (TPSA) is 9.23 Å². The first kappa shape index (κ1) is 9.04. The van der Waals surface area contributed by atoms with Gasteiger partial charge in [-0.1, -0.05) is 19.4 Å². The number of hydrogen-bond donors (Lipinski definition) is 0. The van der Waals surface area contributed by atoms with Gasteiger partial charge >= 0.3 is 0 Å². The summed E-state index contributed by atoms with van der Waals surface area (Å²) in [7, 11) is 0. The molecule has 0 fully saturated rings. The van der Waals surface area contributed by atoms with Crippen molar-refractivity contribution in [3.05, 3.63) is 37.0 Å². The Labute approximate surface area is 72.2 Å². The van der Waals surface area contributed by atoms with Crippen molar-refractivity contribution in [1.82, 2.24) is 0 Å². The predicted octanol–water partition coefficient (Wildman–Crippen LogP) is 2.82. The van der Waals surface area contributed by atoms with Crippen LogP contribution in [0.2, 0.25) is 0 Å². The molecule has 1 aromatic carbocycles. The zero-order valence-corrected chi connectivity index (χ0v) is 6.92. The average Bonchev–Trinajstić information content (AvgIpc) is 2.05. The van der Waals surface area contributed by atoms with Gasteiger partial charge in [0.05, 0.1) is 6.61 Å². The highest BCUT2D eigenvalue weighted by Gasteiger charge is 1.94. The molecule has 0 bridgehead atoms. The first-order chi connectivity index (χ1) is 5.83. The van der Waals surface area contributed by atoms with E-state index in [-0.39, 0.29) is 5.82 Å². The summed E-state index contributed by atoms with van der Waals surface area (Å²) in [5, 5.41) is 0. The third kappa shape index (κ3) is 2.91. The van der Waals surface area contributed by atoms with Crippen molar-refractivity contribution >= 4 is 0 Å². The van der Waals surface area contributed by atoms with E-state index in [1.165, 1.54) is 12.1 Å². The van der Waals surface area contributed by atoms with Crippen LogP contribution in [0.3, 0.4) is 0 Å². The van der Waals surface area contributed by atoms with Crippen LogP contribution in [0.4, 0.5) is 4.39 Å². The van der Waals surface area contributed by atoms with Gasteiger partial charge in [-0.25, -0.2) is 4.39 Å². The summed E-state index contributed by atoms with van der Waals surface area (Å²) in [6, 6.07) is 6.15. The second-order valence-corrected chi connectivity index (χ2v) is 2.51. The minimum atomic E-state index is -0.262. The van der Waals surface area contributed by atoms with Crippen LogP contribution in [0, 0.1) is 12.7 Å². The van der Waals surface area contributed by atoms with E-state index in [9.17, 15) is 4.39 Å². The molecular weight excluding hydrogens is 155 g/mol. The van der Waals surface area contributed by atoms with Crippen LogP contribution in [0.1, 0.15) is 12.8 Å². The molecule has 0 amide bonds. The second-order valence-electron chi connectivity index (χ2n) is 2.51. The maximum absolute atomic E-state index is 12.6. The highest BCUT2D eigenvalue weighted by molar-refractivity contribution is 5.22. The Kier molecular flexibility index (Phi) is 3.58. The van der Waals surface area contributed by atoms with Gasteiger partial charge in [0.1, 0.15) is 11.6 Å². The Morgan fingerprint density at radius 1 is 1.42 bits per heavy atom. The molecule has 12 heavy (non-hydrogen) atoms. The minimum absolute atomic E-state index is 0.262. The third-order valence-corrected chi connectivity index (χ3v) is 1.46. The number of rotatable bonds is 4. The summed E-state index contributed by atoms with van der Waals surface area (Å²) in [5.74, 6) is 0.325. The van der Waals surface area contributed by atoms with E-state index in [4.69, 9.17) is 4.74 Å². The summed E-state index contributed by atoms with van der Waals surface area (Å²) >= 11 is 0. The number of hydrogen-bond acceptors (Lipinski definition) is 1. The molecule has 0 N–H and O–H groups in total. The fourth-order valence-corrected chi connectivity index (χ4v) is 0.849. The largest absolute Gasteiger partial charge is 0.493 e. The van der Waals surface area contributed by atoms with Crippen molar-refractivity contribution in [3.63, 3.8) is 0 Å². The van der Waals surface area contributed by atoms with E-state index in [0.717, 1.165) is 12.8 Å². The van der Waals surface area contributed by atoms with Crippen LogP contribution >= 0.6 is 0 Å². The van der Waals surface area contributed by atoms with Gasteiger partial charge in [-0.2, -0.15) is 0 Å². The quantitative estimate of drug-likeness (QED) is 0.626. The van der Waals surface area contributed by atoms with Gasteiger partial charge in [0, 0.05) is 6.07 Å². The molecule has 0 saturated heterocycles. The summed E-state index contributed by atoms with van der Waals surface area (Å²) in [4.78, 5) is 0. The van der Waals surface area contributed by atoms with E-state index in [0.29, 0.717) is 12.4 Å². The Morgan fingerprint density at radius 2 is 2.25 bits per heavy atom. The van der Waals surface area contributed by atoms with E-state index in [1.54, 1.807) is 12.1 Å². The molecule has 0 aromatic heterocycles. The lowest BCUT2D eigenvalue weighted by Crippen LogP contribution is -1.96. The van der Waals surface area contributed by atoms with Gasteiger partial charge in [0.2, 0.25) is 0 Å². The van der Waals surface area contributed by atoms with Crippen molar-refractivity contribution in [2.24, 2.45) is 0 Å². The van der Waals surface area contributed by atoms with Crippen molar-refractivity contribution in [2.45, 2.75) is 12.8 Å². The maximum Gasteiger partial charge on any atom is 0.126 e. The van der Waals surface area contributed by atoms with Crippen molar-refractivity contribution < 1.29 is 9.13 Å². The lowest BCUT2D eigenvalue weighted by Gasteiger charge is -2.03. The summed E-state index contributed by atoms with van der Waals surface area (Å²) in [5.41, 5.74) is 0. The average molecular weight is 167 g/mol. The lowest BCUT2D eigenvalue weighted by molar-refractivity contribution is 0.310. The number of halogens is 1. The Bertz CT molecular complexity index is 235. The smallest absolute Gasteiger partial charge is 0.126 e. The molecule has 0 spiro atoms. The van der Waals surface area contributed by atoms with Crippen LogP contribution in [-0.2, 0) is 0 Å². The molecule has 0 saturated carbocycles. The van der Waals surface area contributed by atoms with Gasteiger partial charge in [0.25, 0.3) is 0 Å². The number of unbranched alkanes of at least 4 members (excludes halogenated alkanes) is 1. The third-order valence-electron chi connectivity index (χ3n) is 1.46. The fraction of sp³-hybridized carbons (Fsp3) is 0.300. The summed E-state index contributed by atoms with van der Waals surface area (Å²) in [6.45, 7) is 4.28. The zero-order valence-electron chi connectivity index (χ0n) is 6.92. The van der Waals surface area contributed by atoms with Crippen LogP contribution in [-0.4, -0.2) is 6.61 Å². The molecule has 1 nitrogen and oxygen atoms in total. The van der Waals surface area contributed by atoms with Crippen LogP contribution in [0.5, 0.6) is 5.75 Å². The van der Waals surface area contributed by atoms with Gasteiger partial charge < -0.3 is 4.74 Å². The van der Waals surface area contributed by atoms with Crippen LogP contribution in [0.25, 0.3) is 0 Å². The molecule has 65 valence electrons. The molecule has 0 heterocycles. The van der Waals surface area contributed by atoms with Gasteiger partial charge in [0.15, 0.2) is 0 Å². The molecule has 0 aliphatic rings. The van der Waals surface area contributed by atoms with E-state index in [2.05, 4.69) is 6.92 Å². The molecule has 0 aliphatic heterocycles. The van der Waals surface area contributed by atoms with Crippen LogP contribution in [0.15, 0.2) is 24.3 Å². The second kappa shape index (κ2) is 4.75. The molecule has 0 aliphatic carbocycles. The summed E-state index contributed by atoms with van der Waals surface area (Å²) in [6.07, 6.45) is 1.74. The normalized spacial score (nSPS) is 9.83. The molecule has 1 radical (unpaired) electrons. The Balaban J connectivity index is 2.41. The van der Waals surface area contributed by atoms with Gasteiger partial charge in [-0.3, -0.25) is 0 Å². The SMILES string of the molecule is [CH2]CCCOc1cccc(F)c1. The molecule has 1 rings (SSSR count). The van der Waals surface area contributed by atoms with E-state index in [1.807, 2.05) is 0 Å². The number of ether oxygens (including phenoxy) is 1. The molecule has 0 atom stereocenters. The first-order valence-electron chi connectivity index (χ1n) is 4.00. The zero-order chi connectivity index (χ0) is 8.81. The van der Waals surface area contributed by atoms with Crippen molar-refractivity contribution in [1.29, 1.82) is 0 Å². The van der Waals surface area contributed by atoms with Gasteiger partial charge in [-0.05, 0) is 18.6 Å². The minimum Gasteiger partial charge on any atom is -0.493 e. The monoisotopic (exact) mass is 167 g/mol. The van der Waals surface area contributed by atoms with E-state index < -0.39 is 0 Å². The fourth-order valence-electron chi connectivity index (χ4n) is 0.849. The van der Waals surface area contributed by atoms with Crippen molar-refractivity contribution in [3.8, 4) is 5.75 Å². The van der Waals surface area contributed by atoms with Gasteiger partial charge in [-0.15, -0.1) is 0 Å². The molecule has 2 heteroatoms. The highest BCUT2D eigenvalue weighted by Crippen LogP contribution is 2.11. The Morgan fingerprint density at radius 3 is 2.92 bits per heavy atom. The number of benzene rings is 1. The first-order valence-corrected chi connectivity index (χ1v) is 4.00. The predicted molar refractivity (Wildman–Crippen MR) is 46.5 cm³/mol. The van der Waals surface area contributed by atoms with E-state index >= 15 is 0 Å². The standard InChI is InChI=1S/C10H12FO/c1-2-3-7-12-10-6-4-5-9(11)8-10/h4-6,8H,1-3,7H2. The molecule has 1 aromatic rings. The van der Waals surface area contributed by atoms with Crippen LogP contribution < -0.4 is 4.74 Å². The maximum atomic E-state index is 12.6. The molecular formula is C10H12FO. The van der Waals surface area contributed by atoms with Crippen molar-refractivity contribution in [2.75, 3.05) is 6.61 Å². The Hall–Kier alpha value is -1.05. The summed E-state index contributed by atoms with van der Waals surface area (Å²) < 4.78 is 17.8. The highest BCUT2D eigenvalue weighted by atomic mass is 19.1. The lowest BCUT2D eigenvalue weighted by atomic mass is 10.3.